The van der Waals surface area contributed by atoms with Gasteiger partial charge in [0.05, 0.1) is 11.8 Å². The molecule has 1 N–H and O–H groups in total. The van der Waals surface area contributed by atoms with Gasteiger partial charge >= 0.3 is 0 Å². The number of benzene rings is 2. The van der Waals surface area contributed by atoms with Crippen molar-refractivity contribution in [3.05, 3.63) is 99.7 Å². The molecule has 2 fully saturated rings. The summed E-state index contributed by atoms with van der Waals surface area (Å²) in [5, 5.41) is 11.2. The number of rotatable bonds is 4. The van der Waals surface area contributed by atoms with Crippen LogP contribution in [-0.2, 0) is 25.7 Å². The molecular formula is C36H36N2O5. The molecule has 7 rings (SSSR count). The zero-order valence-corrected chi connectivity index (χ0v) is 24.6. The lowest BCUT2D eigenvalue weighted by Crippen LogP contribution is -2.47. The van der Waals surface area contributed by atoms with E-state index in [0.29, 0.717) is 34.3 Å². The van der Waals surface area contributed by atoms with Crippen molar-refractivity contribution in [2.45, 2.75) is 58.0 Å². The smallest absolute Gasteiger partial charge is 0.233 e. The summed E-state index contributed by atoms with van der Waals surface area (Å²) >= 11 is 0. The fraction of sp³-hybridized carbons (Fsp3) is 0.389. The van der Waals surface area contributed by atoms with Crippen molar-refractivity contribution >= 4 is 23.4 Å². The van der Waals surface area contributed by atoms with Gasteiger partial charge in [0.15, 0.2) is 11.6 Å². The maximum Gasteiger partial charge on any atom is 0.233 e. The lowest BCUT2D eigenvalue weighted by atomic mass is 9.59. The molecule has 7 nitrogen and oxygen atoms in total. The fourth-order valence-corrected chi connectivity index (χ4v) is 8.19. The first-order valence-corrected chi connectivity index (χ1v) is 15.4. The van der Waals surface area contributed by atoms with Gasteiger partial charge in [0, 0.05) is 53.9 Å². The predicted octanol–water partition coefficient (Wildman–Crippen LogP) is 4.79. The minimum absolute atomic E-state index is 0.0909. The summed E-state index contributed by atoms with van der Waals surface area (Å²) in [6.45, 7) is 5.93. The van der Waals surface area contributed by atoms with Crippen LogP contribution < -0.4 is 0 Å². The molecule has 0 saturated carbocycles. The van der Waals surface area contributed by atoms with E-state index in [2.05, 4.69) is 17.0 Å². The maximum absolute atomic E-state index is 14.2. The Labute approximate surface area is 251 Å². The van der Waals surface area contributed by atoms with Crippen LogP contribution in [0.15, 0.2) is 83.0 Å². The lowest BCUT2D eigenvalue weighted by Gasteiger charge is -2.42. The van der Waals surface area contributed by atoms with Gasteiger partial charge in [0.1, 0.15) is 5.75 Å². The Bertz CT molecular complexity index is 1640. The van der Waals surface area contributed by atoms with E-state index >= 15 is 0 Å². The van der Waals surface area contributed by atoms with Gasteiger partial charge in [-0.15, -0.1) is 0 Å². The highest BCUT2D eigenvalue weighted by molar-refractivity contribution is 6.24. The number of phenolic OH excluding ortho intramolecular Hbond substituents is 1. The van der Waals surface area contributed by atoms with Gasteiger partial charge in [-0.05, 0) is 62.7 Å². The summed E-state index contributed by atoms with van der Waals surface area (Å²) in [5.74, 6) is -2.64. The van der Waals surface area contributed by atoms with E-state index in [9.17, 15) is 24.3 Å². The van der Waals surface area contributed by atoms with Crippen LogP contribution in [0.25, 0.3) is 0 Å². The molecule has 2 aromatic carbocycles. The Morgan fingerprint density at radius 3 is 2.37 bits per heavy atom. The number of fused-ring (bicyclic) bond motifs is 3. The number of carbonyl (C=O) groups excluding carboxylic acids is 4. The third-order valence-electron chi connectivity index (χ3n) is 10.4. The van der Waals surface area contributed by atoms with Crippen LogP contribution in [0.4, 0.5) is 0 Å². The van der Waals surface area contributed by atoms with Crippen LogP contribution in [0.2, 0.25) is 0 Å². The van der Waals surface area contributed by atoms with Gasteiger partial charge < -0.3 is 5.11 Å². The molecule has 2 amide bonds. The number of piperidine rings is 1. The molecule has 2 aliphatic heterocycles. The van der Waals surface area contributed by atoms with Gasteiger partial charge in [-0.3, -0.25) is 29.0 Å². The van der Waals surface area contributed by atoms with E-state index in [1.165, 1.54) is 11.6 Å². The number of nitrogens with zero attached hydrogens (tertiary/aromatic N) is 2. The normalized spacial score (nSPS) is 28.0. The molecule has 3 aliphatic carbocycles. The minimum Gasteiger partial charge on any atom is -0.507 e. The van der Waals surface area contributed by atoms with Gasteiger partial charge in [-0.2, -0.15) is 0 Å². The number of para-hydroxylation sites is 1. The van der Waals surface area contributed by atoms with Gasteiger partial charge in [-0.1, -0.05) is 60.2 Å². The summed E-state index contributed by atoms with van der Waals surface area (Å²) in [5.41, 5.74) is 4.57. The number of allylic oxidation sites excluding steroid dienone is 6. The van der Waals surface area contributed by atoms with Crippen LogP contribution in [0.1, 0.15) is 55.2 Å². The molecule has 5 aliphatic rings. The van der Waals surface area contributed by atoms with Gasteiger partial charge in [0.25, 0.3) is 0 Å². The maximum atomic E-state index is 14.2. The van der Waals surface area contributed by atoms with Crippen LogP contribution in [0.5, 0.6) is 5.75 Å². The second-order valence-electron chi connectivity index (χ2n) is 12.8. The molecule has 4 atom stereocenters. The molecule has 2 aromatic rings. The average Bonchev–Trinajstić information content (AvgIpc) is 3.27. The van der Waals surface area contributed by atoms with Crippen molar-refractivity contribution < 1.29 is 24.3 Å². The van der Waals surface area contributed by atoms with Crippen molar-refractivity contribution in [2.24, 2.45) is 17.8 Å². The minimum atomic E-state index is -0.632. The molecule has 0 unspecified atom stereocenters. The highest BCUT2D eigenvalue weighted by Gasteiger charge is 2.57. The van der Waals surface area contributed by atoms with Crippen molar-refractivity contribution in [1.82, 2.24) is 9.80 Å². The van der Waals surface area contributed by atoms with E-state index < -0.39 is 17.8 Å². The molecule has 2 saturated heterocycles. The van der Waals surface area contributed by atoms with E-state index in [1.54, 1.807) is 30.9 Å². The highest BCUT2D eigenvalue weighted by Crippen LogP contribution is 2.56. The Kier molecular flexibility index (Phi) is 6.81. The van der Waals surface area contributed by atoms with Crippen molar-refractivity contribution in [3.8, 4) is 5.75 Å². The number of hydrogen-bond acceptors (Lipinski definition) is 6. The number of phenols is 1. The largest absolute Gasteiger partial charge is 0.507 e. The van der Waals surface area contributed by atoms with Crippen LogP contribution >= 0.6 is 0 Å². The number of amides is 2. The van der Waals surface area contributed by atoms with Crippen LogP contribution in [0, 0.1) is 24.7 Å². The number of carbonyl (C=O) groups is 4. The van der Waals surface area contributed by atoms with E-state index in [0.717, 1.165) is 38.0 Å². The molecule has 0 bridgehead atoms. The number of imide groups is 1. The van der Waals surface area contributed by atoms with Crippen LogP contribution in [0.3, 0.4) is 0 Å². The summed E-state index contributed by atoms with van der Waals surface area (Å²) in [6.07, 6.45) is 5.54. The van der Waals surface area contributed by atoms with Crippen molar-refractivity contribution in [3.63, 3.8) is 0 Å². The van der Waals surface area contributed by atoms with Crippen LogP contribution in [-0.4, -0.2) is 57.4 Å². The molecule has 43 heavy (non-hydrogen) atoms. The first-order chi connectivity index (χ1) is 20.7. The summed E-state index contributed by atoms with van der Waals surface area (Å²) in [7, 11) is 0. The SMILES string of the molecule is CC1=CC(=O)C2=C(C1=O)[C@@H](c1cccc(C)c1O)C1=CC[C@@H]3C(=O)N(C4CCN(Cc5ccccc5)CC4)C(=O)[C@@H]3[C@@H]1C2. The molecule has 0 radical (unpaired) electrons. The average molecular weight is 577 g/mol. The Balaban J connectivity index is 1.19. The number of Topliss-reactive ketones (excluding diaryl/α,β-unsaturated/α-hetero) is 1. The Hall–Kier alpha value is -4.10. The second kappa shape index (κ2) is 10.6. The van der Waals surface area contributed by atoms with Gasteiger partial charge in [-0.25, -0.2) is 0 Å². The van der Waals surface area contributed by atoms with Crippen molar-refractivity contribution in [2.75, 3.05) is 13.1 Å². The number of aryl methyl sites for hydroxylation is 1. The van der Waals surface area contributed by atoms with E-state index in [1.807, 2.05) is 30.3 Å². The second-order valence-corrected chi connectivity index (χ2v) is 12.8. The first-order valence-electron chi connectivity index (χ1n) is 15.4. The molecular weight excluding hydrogens is 540 g/mol. The quantitative estimate of drug-likeness (QED) is 0.320. The third kappa shape index (κ3) is 4.44. The zero-order valence-electron chi connectivity index (χ0n) is 24.6. The summed E-state index contributed by atoms with van der Waals surface area (Å²) in [6, 6.07) is 15.6. The van der Waals surface area contributed by atoms with E-state index in [-0.39, 0.29) is 47.5 Å². The number of likely N-dealkylation sites (tertiary alicyclic amines) is 2. The van der Waals surface area contributed by atoms with Gasteiger partial charge in [0.2, 0.25) is 11.8 Å². The lowest BCUT2D eigenvalue weighted by molar-refractivity contribution is -0.144. The molecule has 220 valence electrons. The zero-order chi connectivity index (χ0) is 30.0. The standard InChI is InChI=1S/C36H36N2O5/c1-20-7-6-10-25(33(20)40)30-24-11-12-26-31(27(24)18-28-29(39)17-21(2)34(41)32(28)30)36(43)38(35(26)42)23-13-15-37(16-14-23)19-22-8-4-3-5-9-22/h3-11,17,23,26-27,30-31,40H,12-16,18-19H2,1-2H3/t26-,27+,30+,31-/m0/s1. The van der Waals surface area contributed by atoms with E-state index in [4.69, 9.17) is 0 Å². The molecule has 0 aromatic heterocycles. The highest BCUT2D eigenvalue weighted by atomic mass is 16.3. The first kappa shape index (κ1) is 27.7. The number of aromatic hydroxyl groups is 1. The summed E-state index contributed by atoms with van der Waals surface area (Å²) in [4.78, 5) is 59.0. The fourth-order valence-electron chi connectivity index (χ4n) is 8.19. The number of ketones is 2. The molecule has 7 heteroatoms. The Morgan fingerprint density at radius 1 is 0.884 bits per heavy atom. The van der Waals surface area contributed by atoms with Crippen molar-refractivity contribution in [1.29, 1.82) is 0 Å². The Morgan fingerprint density at radius 2 is 1.63 bits per heavy atom. The summed E-state index contributed by atoms with van der Waals surface area (Å²) < 4.78 is 0. The molecule has 0 spiro atoms. The molecule has 2 heterocycles. The monoisotopic (exact) mass is 576 g/mol. The third-order valence-corrected chi connectivity index (χ3v) is 10.4. The number of hydrogen-bond donors (Lipinski definition) is 1. The predicted molar refractivity (Wildman–Crippen MR) is 161 cm³/mol. The topological polar surface area (TPSA) is 95.0 Å².